The molecule has 0 aromatic rings. The van der Waals surface area contributed by atoms with Crippen LogP contribution >= 0.6 is 22.6 Å². The quantitative estimate of drug-likeness (QED) is 0.576. The van der Waals surface area contributed by atoms with E-state index in [-0.39, 0.29) is 9.13 Å². The number of allylic oxidation sites excluding steroid dienone is 2. The summed E-state index contributed by atoms with van der Waals surface area (Å²) in [5.74, 6) is -0.999. The molecule has 0 aliphatic rings. The van der Waals surface area contributed by atoms with Crippen LogP contribution in [0.15, 0.2) is 11.6 Å². The molecule has 0 rings (SSSR count). The lowest BCUT2D eigenvalue weighted by atomic mass is 9.87. The third kappa shape index (κ3) is 3.94. The lowest BCUT2D eigenvalue weighted by Gasteiger charge is -2.20. The van der Waals surface area contributed by atoms with Crippen molar-refractivity contribution in [3.05, 3.63) is 11.6 Å². The van der Waals surface area contributed by atoms with E-state index in [1.165, 1.54) is 0 Å². The van der Waals surface area contributed by atoms with Gasteiger partial charge in [0.05, 0.1) is 3.72 Å². The zero-order chi connectivity index (χ0) is 9.94. The van der Waals surface area contributed by atoms with Crippen molar-refractivity contribution in [2.45, 2.75) is 20.8 Å². The summed E-state index contributed by atoms with van der Waals surface area (Å²) < 4.78 is 12.5. The van der Waals surface area contributed by atoms with Crippen molar-refractivity contribution in [2.75, 3.05) is 0 Å². The standard InChI is InChI=1S/C8H12FIN2/c1-8(2,3)5(7(10)12)4-6(9)11/h4,11-12H,1-3H3/b5-4+,11-6?,12-7?. The lowest BCUT2D eigenvalue weighted by Crippen LogP contribution is -2.14. The first-order valence-corrected chi connectivity index (χ1v) is 4.53. The summed E-state index contributed by atoms with van der Waals surface area (Å²) in [6, 6.07) is 0. The molecule has 0 aromatic carbocycles. The molecule has 0 aliphatic heterocycles. The fraction of sp³-hybridized carbons (Fsp3) is 0.500. The smallest absolute Gasteiger partial charge is 0.205 e. The minimum atomic E-state index is -0.999. The summed E-state index contributed by atoms with van der Waals surface area (Å²) in [5.41, 5.74) is 0.270. The molecule has 68 valence electrons. The molecule has 0 saturated carbocycles. The Bertz CT molecular complexity index is 238. The molecule has 0 fully saturated rings. The molecule has 0 unspecified atom stereocenters. The van der Waals surface area contributed by atoms with Crippen LogP contribution in [0.1, 0.15) is 20.8 Å². The van der Waals surface area contributed by atoms with Crippen LogP contribution < -0.4 is 0 Å². The van der Waals surface area contributed by atoms with Gasteiger partial charge in [-0.25, -0.2) is 0 Å². The van der Waals surface area contributed by atoms with E-state index >= 15 is 0 Å². The third-order valence-corrected chi connectivity index (χ3v) is 1.90. The molecule has 0 bridgehead atoms. The van der Waals surface area contributed by atoms with Gasteiger partial charge in [0.1, 0.15) is 0 Å². The van der Waals surface area contributed by atoms with E-state index in [9.17, 15) is 4.39 Å². The molecule has 0 spiro atoms. The molecular weight excluding hydrogens is 270 g/mol. The van der Waals surface area contributed by atoms with Crippen LogP contribution in [0.25, 0.3) is 0 Å². The number of hydrogen-bond donors (Lipinski definition) is 2. The lowest BCUT2D eigenvalue weighted by molar-refractivity contribution is 0.525. The van der Waals surface area contributed by atoms with Gasteiger partial charge in [0.15, 0.2) is 0 Å². The van der Waals surface area contributed by atoms with Gasteiger partial charge in [-0.2, -0.15) is 4.39 Å². The molecular formula is C8H12FIN2. The number of hydrogen-bond acceptors (Lipinski definition) is 2. The van der Waals surface area contributed by atoms with Crippen molar-refractivity contribution in [3.8, 4) is 0 Å². The summed E-state index contributed by atoms with van der Waals surface area (Å²) in [4.78, 5) is 0. The number of rotatable bonds is 2. The molecule has 0 atom stereocenters. The molecule has 2 nitrogen and oxygen atoms in total. The minimum Gasteiger partial charge on any atom is -0.294 e. The van der Waals surface area contributed by atoms with Crippen LogP contribution in [0.2, 0.25) is 0 Å². The molecule has 0 saturated heterocycles. The van der Waals surface area contributed by atoms with Crippen LogP contribution in [0, 0.1) is 16.2 Å². The van der Waals surface area contributed by atoms with Crippen molar-refractivity contribution >= 4 is 32.3 Å². The van der Waals surface area contributed by atoms with Crippen LogP contribution in [0.5, 0.6) is 0 Å². The maximum atomic E-state index is 12.2. The van der Waals surface area contributed by atoms with E-state index in [2.05, 4.69) is 0 Å². The summed E-state index contributed by atoms with van der Waals surface area (Å²) in [5, 5.41) is 14.0. The molecule has 4 heteroatoms. The average Bonchev–Trinajstić information content (AvgIpc) is 1.79. The molecule has 0 heterocycles. The van der Waals surface area contributed by atoms with Gasteiger partial charge in [0, 0.05) is 0 Å². The van der Waals surface area contributed by atoms with Crippen molar-refractivity contribution < 1.29 is 4.39 Å². The Hall–Kier alpha value is -0.260. The van der Waals surface area contributed by atoms with E-state index in [1.807, 2.05) is 43.4 Å². The topological polar surface area (TPSA) is 47.7 Å². The van der Waals surface area contributed by atoms with E-state index in [0.29, 0.717) is 5.57 Å². The Morgan fingerprint density at radius 3 is 1.83 bits per heavy atom. The van der Waals surface area contributed by atoms with Gasteiger partial charge in [0.2, 0.25) is 5.97 Å². The second-order valence-corrected chi connectivity index (χ2v) is 4.55. The summed E-state index contributed by atoms with van der Waals surface area (Å²) in [6.45, 7) is 5.65. The van der Waals surface area contributed by atoms with Crippen LogP contribution in [-0.4, -0.2) is 9.68 Å². The predicted molar refractivity (Wildman–Crippen MR) is 58.1 cm³/mol. The van der Waals surface area contributed by atoms with E-state index in [4.69, 9.17) is 10.8 Å². The van der Waals surface area contributed by atoms with Gasteiger partial charge in [-0.3, -0.25) is 10.8 Å². The zero-order valence-corrected chi connectivity index (χ0v) is 9.49. The largest absolute Gasteiger partial charge is 0.294 e. The van der Waals surface area contributed by atoms with Crippen molar-refractivity contribution in [1.82, 2.24) is 0 Å². The highest BCUT2D eigenvalue weighted by molar-refractivity contribution is 14.1. The van der Waals surface area contributed by atoms with Crippen molar-refractivity contribution in [1.29, 1.82) is 10.8 Å². The van der Waals surface area contributed by atoms with Crippen LogP contribution in [0.3, 0.4) is 0 Å². The normalized spacial score (nSPS) is 12.9. The SMILES string of the molecule is CC(C)(C)/C(=C/C(=N)F)C(=N)I. The highest BCUT2D eigenvalue weighted by atomic mass is 127. The number of halogens is 2. The highest BCUT2D eigenvalue weighted by Crippen LogP contribution is 2.27. The van der Waals surface area contributed by atoms with E-state index in [1.54, 1.807) is 0 Å². The maximum absolute atomic E-state index is 12.2. The van der Waals surface area contributed by atoms with Crippen molar-refractivity contribution in [2.24, 2.45) is 5.41 Å². The van der Waals surface area contributed by atoms with Gasteiger partial charge in [-0.1, -0.05) is 20.8 Å². The van der Waals surface area contributed by atoms with Gasteiger partial charge in [-0.15, -0.1) is 0 Å². The van der Waals surface area contributed by atoms with Gasteiger partial charge in [-0.05, 0) is 39.7 Å². The fourth-order valence-electron chi connectivity index (χ4n) is 0.736. The minimum absolute atomic E-state index is 0.280. The summed E-state index contributed by atoms with van der Waals surface area (Å²) >= 11 is 1.81. The van der Waals surface area contributed by atoms with Gasteiger partial charge in [0.25, 0.3) is 0 Å². The number of nitrogens with one attached hydrogen (secondary N) is 2. The molecule has 0 aliphatic carbocycles. The van der Waals surface area contributed by atoms with Crippen LogP contribution in [0.4, 0.5) is 4.39 Å². The molecule has 0 radical (unpaired) electrons. The third-order valence-electron chi connectivity index (χ3n) is 1.32. The summed E-state index contributed by atoms with van der Waals surface area (Å²) in [6.07, 6.45) is 1.09. The summed E-state index contributed by atoms with van der Waals surface area (Å²) in [7, 11) is 0. The Morgan fingerprint density at radius 1 is 1.33 bits per heavy atom. The fourth-order valence-corrected chi connectivity index (χ4v) is 1.70. The van der Waals surface area contributed by atoms with Crippen molar-refractivity contribution in [3.63, 3.8) is 0 Å². The first-order chi connectivity index (χ1) is 5.25. The van der Waals surface area contributed by atoms with Gasteiger partial charge < -0.3 is 0 Å². The molecule has 0 aromatic heterocycles. The monoisotopic (exact) mass is 282 g/mol. The Morgan fingerprint density at radius 2 is 1.75 bits per heavy atom. The molecule has 12 heavy (non-hydrogen) atoms. The van der Waals surface area contributed by atoms with E-state index < -0.39 is 5.97 Å². The van der Waals surface area contributed by atoms with Crippen LogP contribution in [-0.2, 0) is 0 Å². The second kappa shape index (κ2) is 4.11. The Kier molecular flexibility index (Phi) is 4.02. The average molecular weight is 282 g/mol. The second-order valence-electron chi connectivity index (χ2n) is 3.47. The van der Waals surface area contributed by atoms with Gasteiger partial charge >= 0.3 is 0 Å². The Labute approximate surface area is 85.4 Å². The first-order valence-electron chi connectivity index (χ1n) is 3.46. The highest BCUT2D eigenvalue weighted by Gasteiger charge is 2.19. The molecule has 2 N–H and O–H groups in total. The van der Waals surface area contributed by atoms with E-state index in [0.717, 1.165) is 6.08 Å². The first kappa shape index (κ1) is 11.7. The Balaban J connectivity index is 4.94. The zero-order valence-electron chi connectivity index (χ0n) is 7.33. The maximum Gasteiger partial charge on any atom is 0.205 e. The molecule has 0 amide bonds. The predicted octanol–water partition coefficient (Wildman–Crippen LogP) is 3.32.